The van der Waals surface area contributed by atoms with Gasteiger partial charge in [0.2, 0.25) is 5.91 Å². The fourth-order valence-corrected chi connectivity index (χ4v) is 7.32. The van der Waals surface area contributed by atoms with Gasteiger partial charge in [-0.25, -0.2) is 0 Å². The molecule has 8 nitrogen and oxygen atoms in total. The number of aliphatic hydroxyl groups is 1. The second kappa shape index (κ2) is 47.0. The summed E-state index contributed by atoms with van der Waals surface area (Å²) in [7, 11) is 1.20. The van der Waals surface area contributed by atoms with Crippen LogP contribution in [0.5, 0.6) is 0 Å². The van der Waals surface area contributed by atoms with Crippen molar-refractivity contribution in [2.45, 2.75) is 193 Å². The van der Waals surface area contributed by atoms with Crippen molar-refractivity contribution in [3.63, 3.8) is 0 Å². The van der Waals surface area contributed by atoms with Gasteiger partial charge in [-0.1, -0.05) is 200 Å². The highest BCUT2D eigenvalue weighted by molar-refractivity contribution is 7.45. The summed E-state index contributed by atoms with van der Waals surface area (Å²) in [4.78, 5) is 25.4. The smallest absolute Gasteiger partial charge is 0.268 e. The number of aliphatic hydroxyl groups excluding tert-OH is 1. The lowest BCUT2D eigenvalue weighted by molar-refractivity contribution is -0.870. The van der Waals surface area contributed by atoms with Crippen LogP contribution in [-0.2, 0) is 18.4 Å². The van der Waals surface area contributed by atoms with E-state index in [0.29, 0.717) is 23.9 Å². The summed E-state index contributed by atoms with van der Waals surface area (Å²) < 4.78 is 23.2. The molecular formula is C57H97N2O6P. The van der Waals surface area contributed by atoms with E-state index in [1.54, 1.807) is 6.08 Å². The van der Waals surface area contributed by atoms with Gasteiger partial charge in [0.1, 0.15) is 13.2 Å². The second-order valence-electron chi connectivity index (χ2n) is 18.1. The van der Waals surface area contributed by atoms with Gasteiger partial charge in [-0.3, -0.25) is 9.36 Å². The van der Waals surface area contributed by atoms with Gasteiger partial charge in [0.15, 0.2) is 0 Å². The first-order valence-electron chi connectivity index (χ1n) is 25.9. The maximum Gasteiger partial charge on any atom is 0.268 e. The molecule has 0 aromatic rings. The molecule has 0 spiro atoms. The average Bonchev–Trinajstić information content (AvgIpc) is 3.28. The Bertz CT molecular complexity index is 1480. The summed E-state index contributed by atoms with van der Waals surface area (Å²) in [6.07, 6.45) is 69.7. The molecule has 0 aromatic heterocycles. The highest BCUT2D eigenvalue weighted by atomic mass is 31.2. The highest BCUT2D eigenvalue weighted by Crippen LogP contribution is 2.38. The topological polar surface area (TPSA) is 108 Å². The van der Waals surface area contributed by atoms with Gasteiger partial charge in [-0.2, -0.15) is 0 Å². The predicted molar refractivity (Wildman–Crippen MR) is 283 cm³/mol. The lowest BCUT2D eigenvalue weighted by Gasteiger charge is -2.29. The molecule has 0 rings (SSSR count). The van der Waals surface area contributed by atoms with E-state index in [4.69, 9.17) is 9.05 Å². The third-order valence-corrected chi connectivity index (χ3v) is 11.6. The summed E-state index contributed by atoms with van der Waals surface area (Å²) >= 11 is 0. The average molecular weight is 937 g/mol. The minimum absolute atomic E-state index is 0.0189. The fraction of sp³-hybridized carbons (Fsp3) is 0.632. The number of phosphoric ester groups is 1. The molecule has 0 bridgehead atoms. The summed E-state index contributed by atoms with van der Waals surface area (Å²) in [5.41, 5.74) is 0. The number of quaternary nitrogens is 1. The van der Waals surface area contributed by atoms with Gasteiger partial charge in [0.05, 0.1) is 39.9 Å². The van der Waals surface area contributed by atoms with E-state index in [1.165, 1.54) is 57.8 Å². The predicted octanol–water partition coefficient (Wildman–Crippen LogP) is 14.8. The molecule has 2 N–H and O–H groups in total. The Kier molecular flexibility index (Phi) is 44.8. The van der Waals surface area contributed by atoms with E-state index < -0.39 is 26.6 Å². The number of rotatable bonds is 45. The Morgan fingerprint density at radius 3 is 1.41 bits per heavy atom. The zero-order valence-corrected chi connectivity index (χ0v) is 43.5. The van der Waals surface area contributed by atoms with E-state index in [-0.39, 0.29) is 12.5 Å². The number of nitrogens with zero attached hydrogens (tertiary/aromatic N) is 1. The Hall–Kier alpha value is -3.10. The van der Waals surface area contributed by atoms with Crippen molar-refractivity contribution in [3.05, 3.63) is 122 Å². The minimum atomic E-state index is -4.62. The number of hydrogen-bond donors (Lipinski definition) is 2. The van der Waals surface area contributed by atoms with Gasteiger partial charge >= 0.3 is 0 Å². The zero-order valence-electron chi connectivity index (χ0n) is 42.6. The molecule has 376 valence electrons. The first-order chi connectivity index (χ1) is 32.0. The third-order valence-electron chi connectivity index (χ3n) is 10.7. The maximum atomic E-state index is 12.9. The van der Waals surface area contributed by atoms with E-state index in [0.717, 1.165) is 96.3 Å². The number of carbonyl (C=O) groups excluding carboxylic acids is 1. The molecule has 0 fully saturated rings. The van der Waals surface area contributed by atoms with Gasteiger partial charge < -0.3 is 28.8 Å². The summed E-state index contributed by atoms with van der Waals surface area (Å²) in [6, 6.07) is -0.926. The number of unbranched alkanes of at least 4 members (excludes halogenated alkanes) is 14. The molecule has 3 unspecified atom stereocenters. The van der Waals surface area contributed by atoms with Crippen LogP contribution in [0.15, 0.2) is 122 Å². The van der Waals surface area contributed by atoms with E-state index in [9.17, 15) is 19.4 Å². The first-order valence-corrected chi connectivity index (χ1v) is 27.4. The molecule has 0 radical (unpaired) electrons. The molecule has 0 aromatic carbocycles. The number of hydrogen-bond acceptors (Lipinski definition) is 6. The lowest BCUT2D eigenvalue weighted by atomic mass is 10.1. The fourth-order valence-electron chi connectivity index (χ4n) is 6.59. The Morgan fingerprint density at radius 1 is 0.545 bits per heavy atom. The van der Waals surface area contributed by atoms with Gasteiger partial charge in [-0.05, 0) is 96.3 Å². The van der Waals surface area contributed by atoms with Crippen molar-refractivity contribution in [2.75, 3.05) is 40.9 Å². The summed E-state index contributed by atoms with van der Waals surface area (Å²) in [5.74, 6) is -0.238. The van der Waals surface area contributed by atoms with Crippen LogP contribution in [0.4, 0.5) is 0 Å². The van der Waals surface area contributed by atoms with Crippen molar-refractivity contribution in [1.29, 1.82) is 0 Å². The SMILES string of the molecule is CC/C=C\C/C=C\C/C=C\C/C=C\C/C=C\C/C=C\C/C=C\C/C=C\CCCCCCC(=O)NC(COP(=O)([O-])OCC[N+](C)(C)C)C(O)/C=C/CC/C=C/CCCCCCCCCCC. The zero-order chi connectivity index (χ0) is 48.5. The molecule has 3 atom stereocenters. The number of carbonyl (C=O) groups is 1. The molecule has 0 aliphatic heterocycles. The number of allylic oxidation sites excluding steroid dienone is 19. The Labute approximate surface area is 405 Å². The van der Waals surface area contributed by atoms with Crippen molar-refractivity contribution >= 4 is 13.7 Å². The number of amides is 1. The van der Waals surface area contributed by atoms with Crippen LogP contribution in [0.3, 0.4) is 0 Å². The Morgan fingerprint density at radius 2 is 0.939 bits per heavy atom. The molecule has 0 aliphatic rings. The molecule has 1 amide bonds. The lowest BCUT2D eigenvalue weighted by Crippen LogP contribution is -2.45. The van der Waals surface area contributed by atoms with Crippen molar-refractivity contribution in [1.82, 2.24) is 5.32 Å². The molecule has 0 heterocycles. The summed E-state index contributed by atoms with van der Waals surface area (Å²) in [5, 5.41) is 13.8. The van der Waals surface area contributed by atoms with Crippen LogP contribution in [0, 0.1) is 0 Å². The van der Waals surface area contributed by atoms with Crippen molar-refractivity contribution in [2.24, 2.45) is 0 Å². The van der Waals surface area contributed by atoms with E-state index in [2.05, 4.69) is 129 Å². The first kappa shape index (κ1) is 62.9. The molecule has 0 aliphatic carbocycles. The normalized spacial score (nSPS) is 15.1. The van der Waals surface area contributed by atoms with Crippen LogP contribution in [0.25, 0.3) is 0 Å². The third kappa shape index (κ3) is 48.8. The molecule has 0 saturated carbocycles. The maximum absolute atomic E-state index is 12.9. The van der Waals surface area contributed by atoms with Crippen LogP contribution in [0.2, 0.25) is 0 Å². The second-order valence-corrected chi connectivity index (χ2v) is 19.5. The van der Waals surface area contributed by atoms with Gasteiger partial charge in [0.25, 0.3) is 7.82 Å². The van der Waals surface area contributed by atoms with Crippen LogP contribution in [-0.4, -0.2) is 68.5 Å². The number of phosphoric acid groups is 1. The van der Waals surface area contributed by atoms with Crippen LogP contribution in [0.1, 0.15) is 181 Å². The number of nitrogens with one attached hydrogen (secondary N) is 1. The van der Waals surface area contributed by atoms with E-state index in [1.807, 2.05) is 27.2 Å². The highest BCUT2D eigenvalue weighted by Gasteiger charge is 2.23. The standard InChI is InChI=1S/C57H97N2O6P/c1-6-8-10-12-14-16-18-20-22-23-24-25-26-27-28-29-30-31-32-33-34-35-37-39-41-43-45-47-49-51-57(61)58-55(54-65-66(62,63)64-53-52-59(3,4)5)56(60)50-48-46-44-42-40-38-36-21-19-17-15-13-11-9-7-2/h8,10,14,16,20,22,24-25,27-28,30-31,33-34,37,39-40,42,48,50,55-56,60H,6-7,9,11-13,15,17-19,21,23,26,29,32,35-36,38,41,43-47,49,51-54H2,1-5H3,(H-,58,61,62,63)/b10-8-,16-14-,22-20-,25-24-,28-27-,31-30-,34-33-,39-37-,42-40+,50-48+. The van der Waals surface area contributed by atoms with Gasteiger partial charge in [-0.15, -0.1) is 0 Å². The monoisotopic (exact) mass is 937 g/mol. The molecular weight excluding hydrogens is 840 g/mol. The van der Waals surface area contributed by atoms with Crippen molar-refractivity contribution < 1.29 is 32.9 Å². The molecule has 66 heavy (non-hydrogen) atoms. The summed E-state index contributed by atoms with van der Waals surface area (Å²) in [6.45, 7) is 4.46. The van der Waals surface area contributed by atoms with Crippen LogP contribution < -0.4 is 10.2 Å². The molecule has 9 heteroatoms. The van der Waals surface area contributed by atoms with Crippen LogP contribution >= 0.6 is 7.82 Å². The van der Waals surface area contributed by atoms with Gasteiger partial charge in [0, 0.05) is 6.42 Å². The largest absolute Gasteiger partial charge is 0.756 e. The number of likely N-dealkylation sites (N-methyl/N-ethyl adjacent to an activating group) is 1. The Balaban J connectivity index is 4.39. The van der Waals surface area contributed by atoms with Crippen molar-refractivity contribution in [3.8, 4) is 0 Å². The van der Waals surface area contributed by atoms with E-state index >= 15 is 0 Å². The minimum Gasteiger partial charge on any atom is -0.756 e. The quantitative estimate of drug-likeness (QED) is 0.0273. The molecule has 0 saturated heterocycles.